The van der Waals surface area contributed by atoms with Gasteiger partial charge in [-0.2, -0.15) is 0 Å². The number of hydrogen-bond donors (Lipinski definition) is 3. The van der Waals surface area contributed by atoms with E-state index >= 15 is 0 Å². The van der Waals surface area contributed by atoms with Crippen LogP contribution in [-0.2, 0) is 0 Å². The van der Waals surface area contributed by atoms with Crippen LogP contribution in [0, 0.1) is 0 Å². The van der Waals surface area contributed by atoms with E-state index in [1.807, 2.05) is 38.1 Å². The molecule has 0 aliphatic heterocycles. The zero-order valence-corrected chi connectivity index (χ0v) is 11.9. The lowest BCUT2D eigenvalue weighted by Crippen LogP contribution is -2.52. The van der Waals surface area contributed by atoms with Crippen molar-refractivity contribution in [3.63, 3.8) is 0 Å². The summed E-state index contributed by atoms with van der Waals surface area (Å²) in [4.78, 5) is 0. The van der Waals surface area contributed by atoms with Crippen LogP contribution in [0.3, 0.4) is 0 Å². The van der Waals surface area contributed by atoms with E-state index < -0.39 is 5.54 Å². The largest absolute Gasteiger partial charge is 0.394 e. The molecule has 1 atom stereocenters. The normalized spacial score (nSPS) is 13.7. The van der Waals surface area contributed by atoms with Gasteiger partial charge in [0.05, 0.1) is 18.8 Å². The summed E-state index contributed by atoms with van der Waals surface area (Å²) in [6.45, 7) is 3.83. The SMILES string of the molecule is CCC(CO)(CO)NC(C)c1ccccc1Br. The number of rotatable bonds is 6. The second-order valence-corrected chi connectivity index (χ2v) is 5.19. The number of nitrogens with one attached hydrogen (secondary N) is 1. The molecule has 1 aromatic carbocycles. The highest BCUT2D eigenvalue weighted by atomic mass is 79.9. The molecule has 0 saturated carbocycles. The van der Waals surface area contributed by atoms with Gasteiger partial charge in [-0.15, -0.1) is 0 Å². The molecule has 0 saturated heterocycles. The van der Waals surface area contributed by atoms with Gasteiger partial charge in [0.25, 0.3) is 0 Å². The third kappa shape index (κ3) is 3.52. The quantitative estimate of drug-likeness (QED) is 0.755. The van der Waals surface area contributed by atoms with Crippen molar-refractivity contribution in [2.45, 2.75) is 31.8 Å². The van der Waals surface area contributed by atoms with E-state index in [1.54, 1.807) is 0 Å². The van der Waals surface area contributed by atoms with Gasteiger partial charge in [0.15, 0.2) is 0 Å². The standard InChI is InChI=1S/C13H20BrNO2/c1-3-13(8-16,9-17)15-10(2)11-6-4-5-7-12(11)14/h4-7,10,15-17H,3,8-9H2,1-2H3. The molecule has 1 aromatic rings. The summed E-state index contributed by atoms with van der Waals surface area (Å²) < 4.78 is 1.03. The highest BCUT2D eigenvalue weighted by molar-refractivity contribution is 9.10. The van der Waals surface area contributed by atoms with E-state index in [0.717, 1.165) is 10.0 Å². The first-order valence-corrected chi connectivity index (χ1v) is 6.61. The van der Waals surface area contributed by atoms with Crippen LogP contribution < -0.4 is 5.32 Å². The molecule has 3 nitrogen and oxygen atoms in total. The molecule has 17 heavy (non-hydrogen) atoms. The van der Waals surface area contributed by atoms with Gasteiger partial charge in [0, 0.05) is 10.5 Å². The van der Waals surface area contributed by atoms with E-state index in [4.69, 9.17) is 0 Å². The smallest absolute Gasteiger partial charge is 0.0650 e. The van der Waals surface area contributed by atoms with E-state index in [2.05, 4.69) is 21.2 Å². The molecule has 0 fully saturated rings. The van der Waals surface area contributed by atoms with E-state index in [9.17, 15) is 10.2 Å². The Hall–Kier alpha value is -0.420. The van der Waals surface area contributed by atoms with Crippen LogP contribution in [0.5, 0.6) is 0 Å². The van der Waals surface area contributed by atoms with E-state index in [1.165, 1.54) is 0 Å². The molecule has 0 heterocycles. The average molecular weight is 302 g/mol. The fourth-order valence-electron chi connectivity index (χ4n) is 1.83. The minimum Gasteiger partial charge on any atom is -0.394 e. The first-order valence-electron chi connectivity index (χ1n) is 5.82. The fourth-order valence-corrected chi connectivity index (χ4v) is 2.46. The molecule has 0 aliphatic carbocycles. The van der Waals surface area contributed by atoms with Crippen molar-refractivity contribution >= 4 is 15.9 Å². The highest BCUT2D eigenvalue weighted by Crippen LogP contribution is 2.25. The number of benzene rings is 1. The van der Waals surface area contributed by atoms with Crippen molar-refractivity contribution in [2.75, 3.05) is 13.2 Å². The Morgan fingerprint density at radius 2 is 1.88 bits per heavy atom. The summed E-state index contributed by atoms with van der Waals surface area (Å²) in [7, 11) is 0. The Morgan fingerprint density at radius 1 is 1.29 bits per heavy atom. The van der Waals surface area contributed by atoms with Gasteiger partial charge >= 0.3 is 0 Å². The predicted octanol–water partition coefficient (Wildman–Crippen LogP) is 2.23. The Morgan fingerprint density at radius 3 is 2.35 bits per heavy atom. The zero-order valence-electron chi connectivity index (χ0n) is 10.3. The van der Waals surface area contributed by atoms with Gasteiger partial charge in [-0.25, -0.2) is 0 Å². The summed E-state index contributed by atoms with van der Waals surface area (Å²) >= 11 is 3.51. The molecular weight excluding hydrogens is 282 g/mol. The number of aliphatic hydroxyl groups is 2. The first kappa shape index (κ1) is 14.6. The minimum atomic E-state index is -0.616. The molecule has 3 N–H and O–H groups in total. The maximum absolute atomic E-state index is 9.41. The van der Waals surface area contributed by atoms with Crippen LogP contribution in [0.4, 0.5) is 0 Å². The van der Waals surface area contributed by atoms with Crippen LogP contribution in [0.25, 0.3) is 0 Å². The predicted molar refractivity (Wildman–Crippen MR) is 72.9 cm³/mol. The molecule has 0 amide bonds. The number of aliphatic hydroxyl groups excluding tert-OH is 2. The van der Waals surface area contributed by atoms with Crippen molar-refractivity contribution in [1.82, 2.24) is 5.32 Å². The summed E-state index contributed by atoms with van der Waals surface area (Å²) in [6.07, 6.45) is 0.675. The van der Waals surface area contributed by atoms with Crippen LogP contribution >= 0.6 is 15.9 Å². The molecule has 0 radical (unpaired) electrons. The van der Waals surface area contributed by atoms with Crippen LogP contribution in [-0.4, -0.2) is 29.0 Å². The van der Waals surface area contributed by atoms with Crippen LogP contribution in [0.15, 0.2) is 28.7 Å². The van der Waals surface area contributed by atoms with Gasteiger partial charge in [-0.3, -0.25) is 0 Å². The van der Waals surface area contributed by atoms with Crippen molar-refractivity contribution in [2.24, 2.45) is 0 Å². The number of hydrogen-bond acceptors (Lipinski definition) is 3. The zero-order chi connectivity index (χ0) is 12.9. The van der Waals surface area contributed by atoms with Crippen LogP contribution in [0.1, 0.15) is 31.9 Å². The van der Waals surface area contributed by atoms with Gasteiger partial charge in [0.1, 0.15) is 0 Å². The molecule has 4 heteroatoms. The van der Waals surface area contributed by atoms with Crippen molar-refractivity contribution in [3.05, 3.63) is 34.3 Å². The monoisotopic (exact) mass is 301 g/mol. The Kier molecular flexibility index (Phi) is 5.59. The lowest BCUT2D eigenvalue weighted by atomic mass is 9.95. The Bertz CT molecular complexity index is 345. The van der Waals surface area contributed by atoms with Crippen molar-refractivity contribution in [3.8, 4) is 0 Å². The third-order valence-corrected chi connectivity index (χ3v) is 3.90. The maximum Gasteiger partial charge on any atom is 0.0650 e. The molecule has 0 aliphatic rings. The molecule has 0 bridgehead atoms. The molecule has 1 rings (SSSR count). The van der Waals surface area contributed by atoms with Gasteiger partial charge in [-0.1, -0.05) is 41.1 Å². The molecular formula is C13H20BrNO2. The van der Waals surface area contributed by atoms with Crippen molar-refractivity contribution in [1.29, 1.82) is 0 Å². The minimum absolute atomic E-state index is 0.0600. The highest BCUT2D eigenvalue weighted by Gasteiger charge is 2.28. The lowest BCUT2D eigenvalue weighted by Gasteiger charge is -2.33. The molecule has 0 aromatic heterocycles. The summed E-state index contributed by atoms with van der Waals surface area (Å²) in [6, 6.07) is 8.01. The van der Waals surface area contributed by atoms with Crippen LogP contribution in [0.2, 0.25) is 0 Å². The number of halogens is 1. The summed E-state index contributed by atoms with van der Waals surface area (Å²) in [5.74, 6) is 0. The van der Waals surface area contributed by atoms with E-state index in [-0.39, 0.29) is 19.3 Å². The first-order chi connectivity index (χ1) is 8.08. The van der Waals surface area contributed by atoms with Gasteiger partial charge < -0.3 is 15.5 Å². The average Bonchev–Trinajstić information content (AvgIpc) is 2.36. The second-order valence-electron chi connectivity index (χ2n) is 4.34. The third-order valence-electron chi connectivity index (χ3n) is 3.18. The topological polar surface area (TPSA) is 52.5 Å². The lowest BCUT2D eigenvalue weighted by molar-refractivity contribution is 0.0792. The van der Waals surface area contributed by atoms with Crippen molar-refractivity contribution < 1.29 is 10.2 Å². The second kappa shape index (κ2) is 6.50. The summed E-state index contributed by atoms with van der Waals surface area (Å²) in [5.41, 5.74) is 0.501. The van der Waals surface area contributed by atoms with Gasteiger partial charge in [-0.05, 0) is 25.0 Å². The molecule has 1 unspecified atom stereocenters. The van der Waals surface area contributed by atoms with E-state index in [0.29, 0.717) is 6.42 Å². The summed E-state index contributed by atoms with van der Waals surface area (Å²) in [5, 5.41) is 22.1. The fraction of sp³-hybridized carbons (Fsp3) is 0.538. The van der Waals surface area contributed by atoms with Gasteiger partial charge in [0.2, 0.25) is 0 Å². The Balaban J connectivity index is 2.84. The Labute approximate surface area is 111 Å². The molecule has 0 spiro atoms. The maximum atomic E-state index is 9.41. The molecule has 96 valence electrons.